The molecule has 6 nitrogen and oxygen atoms in total. The zero-order valence-corrected chi connectivity index (χ0v) is 10.1. The smallest absolute Gasteiger partial charge is 0.391 e. The first-order valence-electron chi connectivity index (χ1n) is 5.65. The van der Waals surface area contributed by atoms with Gasteiger partial charge in [-0.15, -0.1) is 0 Å². The highest BCUT2D eigenvalue weighted by molar-refractivity contribution is 5.83. The van der Waals surface area contributed by atoms with Gasteiger partial charge in [0, 0.05) is 19.0 Å². The monoisotopic (exact) mass is 284 g/mol. The van der Waals surface area contributed by atoms with Crippen LogP contribution in [0.2, 0.25) is 0 Å². The van der Waals surface area contributed by atoms with Gasteiger partial charge in [0.2, 0.25) is 0 Å². The van der Waals surface area contributed by atoms with E-state index < -0.39 is 42.8 Å². The number of aliphatic carboxylic acids is 1. The Balaban J connectivity index is 2.59. The number of halogens is 3. The number of carbonyl (C=O) groups excluding carboxylic acids is 1. The van der Waals surface area contributed by atoms with Crippen molar-refractivity contribution in [3.63, 3.8) is 0 Å². The van der Waals surface area contributed by atoms with E-state index in [0.717, 1.165) is 4.90 Å². The van der Waals surface area contributed by atoms with Crippen molar-refractivity contribution in [2.45, 2.75) is 44.1 Å². The van der Waals surface area contributed by atoms with Crippen LogP contribution < -0.4 is 5.32 Å². The molecule has 0 aromatic carbocycles. The summed E-state index contributed by atoms with van der Waals surface area (Å²) in [5.41, 5.74) is 0. The lowest BCUT2D eigenvalue weighted by atomic mass is 10.2. The minimum absolute atomic E-state index is 0.129. The Morgan fingerprint density at radius 2 is 2.05 bits per heavy atom. The molecule has 1 unspecified atom stereocenters. The molecule has 1 saturated heterocycles. The van der Waals surface area contributed by atoms with Gasteiger partial charge in [-0.25, -0.2) is 9.59 Å². The van der Waals surface area contributed by atoms with E-state index in [9.17, 15) is 27.9 Å². The molecule has 0 aliphatic carbocycles. The van der Waals surface area contributed by atoms with E-state index in [4.69, 9.17) is 5.11 Å². The van der Waals surface area contributed by atoms with Crippen LogP contribution >= 0.6 is 0 Å². The molecular formula is C10H15F3N2O4. The van der Waals surface area contributed by atoms with Gasteiger partial charge in [0.15, 0.2) is 0 Å². The first-order chi connectivity index (χ1) is 8.60. The number of urea groups is 1. The van der Waals surface area contributed by atoms with Gasteiger partial charge in [0.05, 0.1) is 12.5 Å². The number of nitrogens with zero attached hydrogens (tertiary/aromatic N) is 1. The van der Waals surface area contributed by atoms with Gasteiger partial charge >= 0.3 is 18.2 Å². The molecule has 1 aliphatic heterocycles. The Morgan fingerprint density at radius 3 is 2.53 bits per heavy atom. The van der Waals surface area contributed by atoms with E-state index in [1.54, 1.807) is 0 Å². The summed E-state index contributed by atoms with van der Waals surface area (Å²) in [6.07, 6.45) is -6.73. The lowest BCUT2D eigenvalue weighted by molar-refractivity contribution is -0.142. The number of carbonyl (C=O) groups is 2. The second kappa shape index (κ2) is 5.64. The topological polar surface area (TPSA) is 89.9 Å². The molecule has 0 bridgehead atoms. The predicted octanol–water partition coefficient (Wildman–Crippen LogP) is 0.557. The normalized spacial score (nSPS) is 25.2. The van der Waals surface area contributed by atoms with Crippen LogP contribution in [0.3, 0.4) is 0 Å². The van der Waals surface area contributed by atoms with Crippen LogP contribution in [0.15, 0.2) is 0 Å². The van der Waals surface area contributed by atoms with Gasteiger partial charge < -0.3 is 20.4 Å². The fraction of sp³-hybridized carbons (Fsp3) is 0.800. The van der Waals surface area contributed by atoms with Crippen molar-refractivity contribution in [2.75, 3.05) is 6.54 Å². The number of aliphatic hydroxyl groups is 1. The molecular weight excluding hydrogens is 269 g/mol. The molecule has 1 heterocycles. The van der Waals surface area contributed by atoms with Crippen LogP contribution in [0.1, 0.15) is 19.8 Å². The third kappa shape index (κ3) is 4.58. The average molecular weight is 284 g/mol. The maximum Gasteiger partial charge on any atom is 0.391 e. The summed E-state index contributed by atoms with van der Waals surface area (Å²) in [5, 5.41) is 20.3. The molecule has 3 N–H and O–H groups in total. The van der Waals surface area contributed by atoms with E-state index >= 15 is 0 Å². The van der Waals surface area contributed by atoms with Crippen molar-refractivity contribution in [1.29, 1.82) is 0 Å². The first-order valence-corrected chi connectivity index (χ1v) is 5.65. The molecule has 9 heteroatoms. The third-order valence-electron chi connectivity index (χ3n) is 2.73. The number of carboxylic acid groups (broad SMARTS) is 1. The number of likely N-dealkylation sites (tertiary alicyclic amines) is 1. The Hall–Kier alpha value is -1.51. The number of rotatable bonds is 3. The largest absolute Gasteiger partial charge is 0.480 e. The number of β-amino-alcohol motifs (C(OH)–C–C–N with tert-alkyl or cyclic N) is 1. The number of nitrogens with one attached hydrogen (secondary N) is 1. The Morgan fingerprint density at radius 1 is 1.47 bits per heavy atom. The number of hydrogen-bond acceptors (Lipinski definition) is 3. The van der Waals surface area contributed by atoms with E-state index in [-0.39, 0.29) is 13.0 Å². The van der Waals surface area contributed by atoms with Crippen LogP contribution in [-0.2, 0) is 4.79 Å². The van der Waals surface area contributed by atoms with Crippen LogP contribution in [-0.4, -0.2) is 58.0 Å². The Kier molecular flexibility index (Phi) is 4.61. The predicted molar refractivity (Wildman–Crippen MR) is 57.4 cm³/mol. The summed E-state index contributed by atoms with van der Waals surface area (Å²) in [7, 11) is 0. The molecule has 3 atom stereocenters. The number of aliphatic hydroxyl groups excluding tert-OH is 1. The molecule has 1 fully saturated rings. The Labute approximate surface area is 107 Å². The lowest BCUT2D eigenvalue weighted by Crippen LogP contribution is -2.49. The minimum atomic E-state index is -4.41. The standard InChI is InChI=1S/C10H15F3N2O4/c1-5(3-10(11,12)13)14-9(19)15-4-6(16)2-7(15)8(17)18/h5-7,16H,2-4H2,1H3,(H,14,19)(H,17,18)/t5?,6-,7-/m0/s1. The number of alkyl halides is 3. The number of carboxylic acids is 1. The van der Waals surface area contributed by atoms with Crippen molar-refractivity contribution in [1.82, 2.24) is 10.2 Å². The highest BCUT2D eigenvalue weighted by Crippen LogP contribution is 2.22. The maximum absolute atomic E-state index is 12.1. The molecule has 19 heavy (non-hydrogen) atoms. The number of amides is 2. The quantitative estimate of drug-likeness (QED) is 0.706. The van der Waals surface area contributed by atoms with Gasteiger partial charge in [0.1, 0.15) is 6.04 Å². The summed E-state index contributed by atoms with van der Waals surface area (Å²) in [6.45, 7) is 0.967. The van der Waals surface area contributed by atoms with Crippen LogP contribution in [0, 0.1) is 0 Å². The molecule has 1 aliphatic rings. The molecule has 0 radical (unpaired) electrons. The van der Waals surface area contributed by atoms with Gasteiger partial charge in [-0.1, -0.05) is 0 Å². The van der Waals surface area contributed by atoms with Gasteiger partial charge in [-0.2, -0.15) is 13.2 Å². The van der Waals surface area contributed by atoms with E-state index in [1.165, 1.54) is 6.92 Å². The van der Waals surface area contributed by atoms with Gasteiger partial charge in [0.25, 0.3) is 0 Å². The van der Waals surface area contributed by atoms with Gasteiger partial charge in [-0.05, 0) is 6.92 Å². The van der Waals surface area contributed by atoms with Crippen LogP contribution in [0.25, 0.3) is 0 Å². The molecule has 0 aromatic rings. The summed E-state index contributed by atoms with van der Waals surface area (Å²) in [4.78, 5) is 23.4. The average Bonchev–Trinajstić information content (AvgIpc) is 2.57. The maximum atomic E-state index is 12.1. The van der Waals surface area contributed by atoms with Crippen LogP contribution in [0.5, 0.6) is 0 Å². The zero-order valence-electron chi connectivity index (χ0n) is 10.1. The van der Waals surface area contributed by atoms with Crippen molar-refractivity contribution < 1.29 is 33.0 Å². The molecule has 0 spiro atoms. The summed E-state index contributed by atoms with van der Waals surface area (Å²) in [6, 6.07) is -3.30. The van der Waals surface area contributed by atoms with E-state index in [2.05, 4.69) is 5.32 Å². The highest BCUT2D eigenvalue weighted by atomic mass is 19.4. The minimum Gasteiger partial charge on any atom is -0.480 e. The van der Waals surface area contributed by atoms with Crippen LogP contribution in [0.4, 0.5) is 18.0 Å². The van der Waals surface area contributed by atoms with Gasteiger partial charge in [-0.3, -0.25) is 0 Å². The highest BCUT2D eigenvalue weighted by Gasteiger charge is 2.40. The van der Waals surface area contributed by atoms with Crippen molar-refractivity contribution in [2.24, 2.45) is 0 Å². The Bertz CT molecular complexity index is 361. The second-order valence-corrected chi connectivity index (χ2v) is 4.57. The molecule has 110 valence electrons. The lowest BCUT2D eigenvalue weighted by Gasteiger charge is -2.24. The second-order valence-electron chi connectivity index (χ2n) is 4.57. The number of hydrogen-bond donors (Lipinski definition) is 3. The van der Waals surface area contributed by atoms with Crippen molar-refractivity contribution in [3.05, 3.63) is 0 Å². The fourth-order valence-electron chi connectivity index (χ4n) is 1.96. The van der Waals surface area contributed by atoms with E-state index in [0.29, 0.717) is 0 Å². The fourth-order valence-corrected chi connectivity index (χ4v) is 1.96. The zero-order chi connectivity index (χ0) is 14.8. The summed E-state index contributed by atoms with van der Waals surface area (Å²) in [5.74, 6) is -1.30. The molecule has 2 amide bonds. The third-order valence-corrected chi connectivity index (χ3v) is 2.73. The summed E-state index contributed by atoms with van der Waals surface area (Å²) < 4.78 is 36.3. The molecule has 0 aromatic heterocycles. The first kappa shape index (κ1) is 15.5. The van der Waals surface area contributed by atoms with E-state index in [1.807, 2.05) is 0 Å². The molecule has 1 rings (SSSR count). The SMILES string of the molecule is CC(CC(F)(F)F)NC(=O)N1C[C@@H](O)C[C@H]1C(=O)O. The van der Waals surface area contributed by atoms with Crippen molar-refractivity contribution >= 4 is 12.0 Å². The van der Waals surface area contributed by atoms with Crippen molar-refractivity contribution in [3.8, 4) is 0 Å². The summed E-state index contributed by atoms with van der Waals surface area (Å²) >= 11 is 0. The molecule has 0 saturated carbocycles.